The zero-order valence-electron chi connectivity index (χ0n) is 6.56. The molecule has 0 aliphatic heterocycles. The van der Waals surface area contributed by atoms with Gasteiger partial charge < -0.3 is 0 Å². The third-order valence-corrected chi connectivity index (χ3v) is 2.24. The van der Waals surface area contributed by atoms with E-state index in [1.807, 2.05) is 6.07 Å². The van der Waals surface area contributed by atoms with E-state index in [4.69, 9.17) is 5.26 Å². The average Bonchev–Trinajstić information content (AvgIpc) is 2.02. The molecule has 0 bridgehead atoms. The van der Waals surface area contributed by atoms with E-state index in [2.05, 4.69) is 15.2 Å². The quantitative estimate of drug-likeness (QED) is 0.615. The van der Waals surface area contributed by atoms with Crippen molar-refractivity contribution in [3.05, 3.63) is 17.7 Å². The van der Waals surface area contributed by atoms with Gasteiger partial charge >= 0.3 is 0 Å². The third-order valence-electron chi connectivity index (χ3n) is 2.24. The minimum absolute atomic E-state index is 0.431. The van der Waals surface area contributed by atoms with Crippen molar-refractivity contribution in [2.45, 2.75) is 25.2 Å². The van der Waals surface area contributed by atoms with Crippen molar-refractivity contribution in [3.8, 4) is 6.07 Å². The third kappa shape index (κ3) is 1.03. The van der Waals surface area contributed by atoms with Gasteiger partial charge in [-0.15, -0.1) is 5.10 Å². The molecule has 0 saturated heterocycles. The van der Waals surface area contributed by atoms with Crippen LogP contribution >= 0.6 is 0 Å². The summed E-state index contributed by atoms with van der Waals surface area (Å²) in [4.78, 5) is 3.87. The number of hydrogen-bond acceptors (Lipinski definition) is 4. The largest absolute Gasteiger partial charge is 0.222 e. The first kappa shape index (κ1) is 7.17. The summed E-state index contributed by atoms with van der Waals surface area (Å²) in [5.74, 6) is 0.431. The Balaban J connectivity index is 2.35. The van der Waals surface area contributed by atoms with Gasteiger partial charge in [0.1, 0.15) is 18.1 Å². The van der Waals surface area contributed by atoms with E-state index in [0.29, 0.717) is 11.6 Å². The van der Waals surface area contributed by atoms with Crippen molar-refractivity contribution >= 4 is 0 Å². The van der Waals surface area contributed by atoms with E-state index in [9.17, 15) is 0 Å². The number of aromatic nitrogens is 3. The van der Waals surface area contributed by atoms with Crippen LogP contribution in [0.3, 0.4) is 0 Å². The molecule has 1 aliphatic rings. The molecule has 1 aliphatic carbocycles. The Morgan fingerprint density at radius 1 is 1.50 bits per heavy atom. The number of rotatable bonds is 1. The van der Waals surface area contributed by atoms with Crippen LogP contribution in [-0.2, 0) is 0 Å². The predicted octanol–water partition coefficient (Wildman–Crippen LogP) is 1.01. The Bertz CT molecular complexity index is 324. The Morgan fingerprint density at radius 2 is 2.33 bits per heavy atom. The zero-order valence-corrected chi connectivity index (χ0v) is 6.56. The molecule has 0 spiro atoms. The van der Waals surface area contributed by atoms with Crippen LogP contribution in [0.4, 0.5) is 0 Å². The van der Waals surface area contributed by atoms with Crippen LogP contribution in [0.5, 0.6) is 0 Å². The van der Waals surface area contributed by atoms with Crippen molar-refractivity contribution in [1.29, 1.82) is 5.26 Å². The molecule has 1 saturated carbocycles. The number of hydrogen-bond donors (Lipinski definition) is 0. The molecule has 4 heteroatoms. The molecule has 0 unspecified atom stereocenters. The van der Waals surface area contributed by atoms with E-state index >= 15 is 0 Å². The molecular formula is C8H8N4. The maximum Gasteiger partial charge on any atom is 0.165 e. The van der Waals surface area contributed by atoms with Gasteiger partial charge in [0.2, 0.25) is 0 Å². The van der Waals surface area contributed by atoms with Gasteiger partial charge in [-0.05, 0) is 12.8 Å². The molecule has 0 radical (unpaired) electrons. The lowest BCUT2D eigenvalue weighted by molar-refractivity contribution is 0.405. The molecule has 0 aromatic carbocycles. The number of nitrogens with zero attached hydrogens (tertiary/aromatic N) is 4. The standard InChI is InChI=1S/C8H8N4/c9-4-7-8(6-2-1-3-6)12-11-5-10-7/h5-6H,1-3H2. The van der Waals surface area contributed by atoms with Gasteiger partial charge in [0, 0.05) is 5.92 Å². The minimum atomic E-state index is 0.431. The summed E-state index contributed by atoms with van der Waals surface area (Å²) >= 11 is 0. The fourth-order valence-corrected chi connectivity index (χ4v) is 1.33. The van der Waals surface area contributed by atoms with Gasteiger partial charge in [-0.3, -0.25) is 0 Å². The second-order valence-electron chi connectivity index (χ2n) is 2.93. The highest BCUT2D eigenvalue weighted by Crippen LogP contribution is 2.35. The normalized spacial score (nSPS) is 16.6. The summed E-state index contributed by atoms with van der Waals surface area (Å²) < 4.78 is 0. The highest BCUT2D eigenvalue weighted by molar-refractivity contribution is 5.27. The fourth-order valence-electron chi connectivity index (χ4n) is 1.33. The van der Waals surface area contributed by atoms with E-state index in [0.717, 1.165) is 18.5 Å². The molecule has 0 atom stereocenters. The Labute approximate surface area is 70.3 Å². The molecule has 60 valence electrons. The topological polar surface area (TPSA) is 62.5 Å². The van der Waals surface area contributed by atoms with Gasteiger partial charge in [-0.2, -0.15) is 10.4 Å². The first-order valence-corrected chi connectivity index (χ1v) is 3.99. The molecule has 1 fully saturated rings. The maximum atomic E-state index is 8.71. The maximum absolute atomic E-state index is 8.71. The average molecular weight is 160 g/mol. The fraction of sp³-hybridized carbons (Fsp3) is 0.500. The first-order valence-electron chi connectivity index (χ1n) is 3.99. The van der Waals surface area contributed by atoms with Gasteiger partial charge in [-0.1, -0.05) is 6.42 Å². The van der Waals surface area contributed by atoms with Gasteiger partial charge in [0.25, 0.3) is 0 Å². The van der Waals surface area contributed by atoms with Crippen LogP contribution in [0, 0.1) is 11.3 Å². The highest BCUT2D eigenvalue weighted by Gasteiger charge is 2.24. The molecular weight excluding hydrogens is 152 g/mol. The molecule has 1 heterocycles. The summed E-state index contributed by atoms with van der Waals surface area (Å²) in [6.07, 6.45) is 4.79. The molecule has 12 heavy (non-hydrogen) atoms. The second kappa shape index (κ2) is 2.86. The van der Waals surface area contributed by atoms with Crippen LogP contribution in [0.1, 0.15) is 36.6 Å². The molecule has 2 rings (SSSR count). The SMILES string of the molecule is N#Cc1ncnnc1C1CCC1. The minimum Gasteiger partial charge on any atom is -0.222 e. The van der Waals surface area contributed by atoms with Gasteiger partial charge in [0.15, 0.2) is 5.69 Å². The zero-order chi connectivity index (χ0) is 8.39. The monoisotopic (exact) mass is 160 g/mol. The van der Waals surface area contributed by atoms with Crippen molar-refractivity contribution in [2.75, 3.05) is 0 Å². The summed E-state index contributed by atoms with van der Waals surface area (Å²) in [6.45, 7) is 0. The van der Waals surface area contributed by atoms with Gasteiger partial charge in [0.05, 0.1) is 0 Å². The molecule has 1 aromatic heterocycles. The molecule has 4 nitrogen and oxygen atoms in total. The van der Waals surface area contributed by atoms with Crippen LogP contribution in [0.15, 0.2) is 6.33 Å². The first-order chi connectivity index (χ1) is 5.92. The summed E-state index contributed by atoms with van der Waals surface area (Å²) in [6, 6.07) is 2.03. The Hall–Kier alpha value is -1.50. The van der Waals surface area contributed by atoms with Crippen LogP contribution in [-0.4, -0.2) is 15.2 Å². The van der Waals surface area contributed by atoms with Crippen LogP contribution < -0.4 is 0 Å². The summed E-state index contributed by atoms with van der Waals surface area (Å²) in [5, 5.41) is 16.3. The molecule has 1 aromatic rings. The van der Waals surface area contributed by atoms with E-state index in [1.54, 1.807) is 0 Å². The van der Waals surface area contributed by atoms with E-state index in [-0.39, 0.29) is 0 Å². The smallest absolute Gasteiger partial charge is 0.165 e. The Kier molecular flexibility index (Phi) is 1.71. The van der Waals surface area contributed by atoms with Crippen LogP contribution in [0.2, 0.25) is 0 Å². The lowest BCUT2D eigenvalue weighted by Gasteiger charge is -2.23. The van der Waals surface area contributed by atoms with Crippen molar-refractivity contribution in [1.82, 2.24) is 15.2 Å². The van der Waals surface area contributed by atoms with Crippen molar-refractivity contribution in [3.63, 3.8) is 0 Å². The molecule has 0 N–H and O–H groups in total. The Morgan fingerprint density at radius 3 is 2.92 bits per heavy atom. The number of nitriles is 1. The van der Waals surface area contributed by atoms with Crippen LogP contribution in [0.25, 0.3) is 0 Å². The van der Waals surface area contributed by atoms with E-state index in [1.165, 1.54) is 12.7 Å². The summed E-state index contributed by atoms with van der Waals surface area (Å²) in [5.41, 5.74) is 1.22. The summed E-state index contributed by atoms with van der Waals surface area (Å²) in [7, 11) is 0. The van der Waals surface area contributed by atoms with Crippen molar-refractivity contribution < 1.29 is 0 Å². The van der Waals surface area contributed by atoms with Gasteiger partial charge in [-0.25, -0.2) is 4.98 Å². The second-order valence-corrected chi connectivity index (χ2v) is 2.93. The lowest BCUT2D eigenvalue weighted by atomic mass is 9.82. The predicted molar refractivity (Wildman–Crippen MR) is 41.1 cm³/mol. The van der Waals surface area contributed by atoms with E-state index < -0.39 is 0 Å². The highest BCUT2D eigenvalue weighted by atomic mass is 15.1. The lowest BCUT2D eigenvalue weighted by Crippen LogP contribution is -2.13. The van der Waals surface area contributed by atoms with Crippen molar-refractivity contribution in [2.24, 2.45) is 0 Å². The molecule has 0 amide bonds.